The normalized spacial score (nSPS) is 14.4. The van der Waals surface area contributed by atoms with Gasteiger partial charge < -0.3 is 15.4 Å². The molecule has 2 aromatic heterocycles. The van der Waals surface area contributed by atoms with Crippen molar-refractivity contribution in [2.24, 2.45) is 5.92 Å². The Bertz CT molecular complexity index is 906. The SMILES string of the molecule is COc1ccc([C@@H](NC(=O)Nc2cccc(-n3ccnn3)c2)C2CC2)cn1. The van der Waals surface area contributed by atoms with E-state index in [0.717, 1.165) is 24.1 Å². The number of carbonyl (C=O) groups excluding carboxylic acids is 1. The van der Waals surface area contributed by atoms with Crippen LogP contribution in [-0.2, 0) is 0 Å². The fourth-order valence-electron chi connectivity index (χ4n) is 2.98. The second-order valence-corrected chi connectivity index (χ2v) is 6.45. The molecule has 1 aliphatic carbocycles. The number of nitrogens with zero attached hydrogens (tertiary/aromatic N) is 4. The van der Waals surface area contributed by atoms with E-state index in [2.05, 4.69) is 25.9 Å². The fraction of sp³-hybridized carbons (Fsp3) is 0.263. The Kier molecular flexibility index (Phi) is 4.69. The number of rotatable bonds is 6. The molecule has 0 bridgehead atoms. The van der Waals surface area contributed by atoms with Gasteiger partial charge in [-0.25, -0.2) is 14.5 Å². The maximum Gasteiger partial charge on any atom is 0.319 e. The van der Waals surface area contributed by atoms with E-state index in [0.29, 0.717) is 17.5 Å². The standard InChI is InChI=1S/C19H20N6O2/c1-27-17-8-7-14(12-20-17)18(13-5-6-13)23-19(26)22-15-3-2-4-16(11-15)25-10-9-21-24-25/h2-4,7-13,18H,5-6H2,1H3,(H2,22,23,26)/t18-/m0/s1. The maximum absolute atomic E-state index is 12.5. The Morgan fingerprint density at radius 3 is 2.85 bits per heavy atom. The van der Waals surface area contributed by atoms with E-state index < -0.39 is 0 Å². The minimum Gasteiger partial charge on any atom is -0.481 e. The van der Waals surface area contributed by atoms with Crippen molar-refractivity contribution in [1.82, 2.24) is 25.3 Å². The Morgan fingerprint density at radius 2 is 2.19 bits per heavy atom. The first-order chi connectivity index (χ1) is 13.2. The lowest BCUT2D eigenvalue weighted by Crippen LogP contribution is -2.33. The van der Waals surface area contributed by atoms with E-state index in [1.54, 1.807) is 30.4 Å². The van der Waals surface area contributed by atoms with Crippen LogP contribution in [0.25, 0.3) is 5.69 Å². The highest BCUT2D eigenvalue weighted by Crippen LogP contribution is 2.41. The van der Waals surface area contributed by atoms with Gasteiger partial charge in [0.25, 0.3) is 0 Å². The first-order valence-electron chi connectivity index (χ1n) is 8.77. The number of hydrogen-bond donors (Lipinski definition) is 2. The molecule has 1 saturated carbocycles. The molecule has 0 spiro atoms. The zero-order valence-electron chi connectivity index (χ0n) is 14.9. The van der Waals surface area contributed by atoms with Crippen LogP contribution in [0.2, 0.25) is 0 Å². The molecule has 0 saturated heterocycles. The molecule has 1 aromatic carbocycles. The molecule has 2 heterocycles. The first kappa shape index (κ1) is 17.0. The van der Waals surface area contributed by atoms with Crippen LogP contribution in [0, 0.1) is 5.92 Å². The average Bonchev–Trinajstić information content (AvgIpc) is 3.39. The van der Waals surface area contributed by atoms with Crippen molar-refractivity contribution in [1.29, 1.82) is 0 Å². The molecule has 1 atom stereocenters. The zero-order valence-corrected chi connectivity index (χ0v) is 14.9. The minimum absolute atomic E-state index is 0.0677. The van der Waals surface area contributed by atoms with Crippen LogP contribution in [0.4, 0.5) is 10.5 Å². The summed E-state index contributed by atoms with van der Waals surface area (Å²) in [4.78, 5) is 16.8. The van der Waals surface area contributed by atoms with E-state index in [4.69, 9.17) is 4.74 Å². The largest absolute Gasteiger partial charge is 0.481 e. The minimum atomic E-state index is -0.251. The molecule has 1 fully saturated rings. The number of carbonyl (C=O) groups is 1. The summed E-state index contributed by atoms with van der Waals surface area (Å²) >= 11 is 0. The van der Waals surface area contributed by atoms with E-state index >= 15 is 0 Å². The van der Waals surface area contributed by atoms with Gasteiger partial charge in [-0.2, -0.15) is 0 Å². The van der Waals surface area contributed by atoms with E-state index in [1.165, 1.54) is 0 Å². The molecule has 2 N–H and O–H groups in total. The van der Waals surface area contributed by atoms with Crippen LogP contribution in [0.1, 0.15) is 24.4 Å². The first-order valence-corrected chi connectivity index (χ1v) is 8.77. The molecule has 8 heteroatoms. The number of urea groups is 1. The van der Waals surface area contributed by atoms with Crippen molar-refractivity contribution in [3.05, 3.63) is 60.6 Å². The van der Waals surface area contributed by atoms with Crippen LogP contribution in [0.5, 0.6) is 5.88 Å². The highest BCUT2D eigenvalue weighted by molar-refractivity contribution is 5.89. The third-order valence-corrected chi connectivity index (χ3v) is 4.50. The number of benzene rings is 1. The third kappa shape index (κ3) is 4.05. The molecule has 2 amide bonds. The number of nitrogens with one attached hydrogen (secondary N) is 2. The van der Waals surface area contributed by atoms with Gasteiger partial charge in [0.1, 0.15) is 0 Å². The van der Waals surface area contributed by atoms with Crippen LogP contribution >= 0.6 is 0 Å². The van der Waals surface area contributed by atoms with Crippen molar-refractivity contribution in [2.75, 3.05) is 12.4 Å². The summed E-state index contributed by atoms with van der Waals surface area (Å²) in [5.41, 5.74) is 2.48. The number of aromatic nitrogens is 4. The van der Waals surface area contributed by atoms with Crippen molar-refractivity contribution in [3.8, 4) is 11.6 Å². The van der Waals surface area contributed by atoms with Crippen molar-refractivity contribution in [3.63, 3.8) is 0 Å². The molecule has 0 unspecified atom stereocenters. The summed E-state index contributed by atoms with van der Waals surface area (Å²) in [5, 5.41) is 13.7. The Morgan fingerprint density at radius 1 is 1.30 bits per heavy atom. The fourth-order valence-corrected chi connectivity index (χ4v) is 2.98. The van der Waals surface area contributed by atoms with Gasteiger partial charge in [-0.05, 0) is 42.5 Å². The smallest absolute Gasteiger partial charge is 0.319 e. The van der Waals surface area contributed by atoms with Crippen LogP contribution in [-0.4, -0.2) is 33.1 Å². The van der Waals surface area contributed by atoms with Crippen LogP contribution in [0.3, 0.4) is 0 Å². The Labute approximate surface area is 156 Å². The molecular weight excluding hydrogens is 344 g/mol. The van der Waals surface area contributed by atoms with Gasteiger partial charge in [0.2, 0.25) is 5.88 Å². The monoisotopic (exact) mass is 364 g/mol. The van der Waals surface area contributed by atoms with E-state index in [1.807, 2.05) is 36.4 Å². The number of hydrogen-bond acceptors (Lipinski definition) is 5. The lowest BCUT2D eigenvalue weighted by Gasteiger charge is -2.19. The highest BCUT2D eigenvalue weighted by Gasteiger charge is 2.33. The lowest BCUT2D eigenvalue weighted by molar-refractivity contribution is 0.247. The molecule has 138 valence electrons. The number of ether oxygens (including phenoxy) is 1. The number of anilines is 1. The number of amides is 2. The number of pyridine rings is 1. The molecular formula is C19H20N6O2. The third-order valence-electron chi connectivity index (χ3n) is 4.50. The van der Waals surface area contributed by atoms with Gasteiger partial charge in [0, 0.05) is 18.0 Å². The predicted molar refractivity (Wildman–Crippen MR) is 99.8 cm³/mol. The zero-order chi connectivity index (χ0) is 18.6. The molecule has 0 aliphatic heterocycles. The molecule has 4 rings (SSSR count). The number of methoxy groups -OCH3 is 1. The van der Waals surface area contributed by atoms with Gasteiger partial charge in [0.05, 0.1) is 31.2 Å². The van der Waals surface area contributed by atoms with E-state index in [9.17, 15) is 4.79 Å². The second-order valence-electron chi connectivity index (χ2n) is 6.45. The predicted octanol–water partition coefficient (Wildman–Crippen LogP) is 2.94. The van der Waals surface area contributed by atoms with Crippen molar-refractivity contribution in [2.45, 2.75) is 18.9 Å². The summed E-state index contributed by atoms with van der Waals surface area (Å²) in [5.74, 6) is 0.995. The molecule has 3 aromatic rings. The van der Waals surface area contributed by atoms with Gasteiger partial charge in [-0.3, -0.25) is 0 Å². The van der Waals surface area contributed by atoms with Crippen molar-refractivity contribution >= 4 is 11.7 Å². The topological polar surface area (TPSA) is 94.0 Å². The molecule has 1 aliphatic rings. The van der Waals surface area contributed by atoms with Gasteiger partial charge in [0.15, 0.2) is 0 Å². The summed E-state index contributed by atoms with van der Waals surface area (Å²) in [6, 6.07) is 10.9. The molecule has 8 nitrogen and oxygen atoms in total. The summed E-state index contributed by atoms with van der Waals surface area (Å²) in [6.45, 7) is 0. The average molecular weight is 364 g/mol. The van der Waals surface area contributed by atoms with Gasteiger partial charge >= 0.3 is 6.03 Å². The molecule has 27 heavy (non-hydrogen) atoms. The summed E-state index contributed by atoms with van der Waals surface area (Å²) in [7, 11) is 1.58. The lowest BCUT2D eigenvalue weighted by atomic mass is 10.0. The quantitative estimate of drug-likeness (QED) is 0.701. The second kappa shape index (κ2) is 7.45. The maximum atomic E-state index is 12.5. The van der Waals surface area contributed by atoms with Crippen LogP contribution < -0.4 is 15.4 Å². The Hall–Kier alpha value is -3.42. The van der Waals surface area contributed by atoms with Crippen molar-refractivity contribution < 1.29 is 9.53 Å². The summed E-state index contributed by atoms with van der Waals surface area (Å²) in [6.07, 6.45) is 7.31. The van der Waals surface area contributed by atoms with Gasteiger partial charge in [-0.1, -0.05) is 17.3 Å². The van der Waals surface area contributed by atoms with Crippen LogP contribution in [0.15, 0.2) is 55.0 Å². The van der Waals surface area contributed by atoms with Gasteiger partial charge in [-0.15, -0.1) is 5.10 Å². The molecule has 0 radical (unpaired) electrons. The highest BCUT2D eigenvalue weighted by atomic mass is 16.5. The Balaban J connectivity index is 1.45. The summed E-state index contributed by atoms with van der Waals surface area (Å²) < 4.78 is 6.74. The van der Waals surface area contributed by atoms with E-state index in [-0.39, 0.29) is 12.1 Å².